The molecule has 0 saturated heterocycles. The number of hydrogen-bond donors (Lipinski definition) is 3. The molecule has 1 aromatic rings. The van der Waals surface area contributed by atoms with Gasteiger partial charge >= 0.3 is 0 Å². The number of aliphatic hydroxyl groups excluding tert-OH is 1. The second-order valence-corrected chi connectivity index (χ2v) is 5.89. The van der Waals surface area contributed by atoms with Crippen molar-refractivity contribution in [3.05, 3.63) is 18.0 Å². The minimum Gasteiger partial charge on any atom is -0.394 e. The molecule has 0 unspecified atom stereocenters. The van der Waals surface area contributed by atoms with E-state index >= 15 is 0 Å². The lowest BCUT2D eigenvalue weighted by atomic mass is 10.4. The summed E-state index contributed by atoms with van der Waals surface area (Å²) in [6.45, 7) is 0.720. The largest absolute Gasteiger partial charge is 0.394 e. The number of sulfonamides is 1. The number of aromatic nitrogens is 1. The summed E-state index contributed by atoms with van der Waals surface area (Å²) in [5, 5.41) is 8.50. The third kappa shape index (κ3) is 4.60. The number of nitrogens with one attached hydrogen (secondary N) is 1. The Hall–Kier alpha value is -1.42. The molecule has 1 heterocycles. The summed E-state index contributed by atoms with van der Waals surface area (Å²) in [7, 11) is -2.13. The summed E-state index contributed by atoms with van der Waals surface area (Å²) in [5.74, 6) is -0.689. The number of rotatable bonds is 9. The summed E-state index contributed by atoms with van der Waals surface area (Å²) in [4.78, 5) is 11.1. The highest BCUT2D eigenvalue weighted by Gasteiger charge is 2.18. The van der Waals surface area contributed by atoms with Crippen molar-refractivity contribution in [3.8, 4) is 0 Å². The van der Waals surface area contributed by atoms with Gasteiger partial charge in [0.2, 0.25) is 10.0 Å². The molecule has 114 valence electrons. The minimum absolute atomic E-state index is 0.00919. The fourth-order valence-corrected chi connectivity index (χ4v) is 2.70. The predicted molar refractivity (Wildman–Crippen MR) is 71.6 cm³/mol. The number of primary amides is 1. The molecule has 0 saturated carbocycles. The van der Waals surface area contributed by atoms with Gasteiger partial charge in [0.05, 0.1) is 13.2 Å². The zero-order chi connectivity index (χ0) is 15.2. The summed E-state index contributed by atoms with van der Waals surface area (Å²) in [6.07, 6.45) is 1.80. The Morgan fingerprint density at radius 2 is 2.20 bits per heavy atom. The molecule has 0 aromatic carbocycles. The first kappa shape index (κ1) is 16.6. The maximum atomic E-state index is 12.0. The van der Waals surface area contributed by atoms with Crippen molar-refractivity contribution in [2.24, 2.45) is 12.8 Å². The predicted octanol–water partition coefficient (Wildman–Crippen LogP) is -1.20. The molecule has 0 aliphatic rings. The number of aliphatic hydroxyl groups is 1. The Morgan fingerprint density at radius 1 is 1.50 bits per heavy atom. The molecule has 20 heavy (non-hydrogen) atoms. The quantitative estimate of drug-likeness (QED) is 0.494. The average Bonchev–Trinajstić information content (AvgIpc) is 2.76. The van der Waals surface area contributed by atoms with E-state index in [0.29, 0.717) is 13.0 Å². The fraction of sp³-hybridized carbons (Fsp3) is 0.545. The van der Waals surface area contributed by atoms with Crippen LogP contribution in [0.4, 0.5) is 0 Å². The minimum atomic E-state index is -3.67. The van der Waals surface area contributed by atoms with Crippen molar-refractivity contribution in [3.63, 3.8) is 0 Å². The van der Waals surface area contributed by atoms with E-state index < -0.39 is 15.9 Å². The van der Waals surface area contributed by atoms with Crippen molar-refractivity contribution in [1.29, 1.82) is 0 Å². The molecule has 0 fully saturated rings. The van der Waals surface area contributed by atoms with Crippen LogP contribution in [0.3, 0.4) is 0 Å². The van der Waals surface area contributed by atoms with Gasteiger partial charge in [0, 0.05) is 26.4 Å². The normalized spacial score (nSPS) is 11.7. The maximum Gasteiger partial charge on any atom is 0.265 e. The molecule has 0 bridgehead atoms. The maximum absolute atomic E-state index is 12.0. The summed E-state index contributed by atoms with van der Waals surface area (Å²) < 4.78 is 32.7. The second-order valence-electron chi connectivity index (χ2n) is 4.12. The van der Waals surface area contributed by atoms with Gasteiger partial charge in [-0.25, -0.2) is 13.1 Å². The lowest BCUT2D eigenvalue weighted by Gasteiger charge is -2.05. The molecule has 4 N–H and O–H groups in total. The molecular formula is C11H19N3O5S. The first-order valence-corrected chi connectivity index (χ1v) is 7.51. The van der Waals surface area contributed by atoms with E-state index in [1.165, 1.54) is 16.8 Å². The van der Waals surface area contributed by atoms with E-state index in [2.05, 4.69) is 4.72 Å². The van der Waals surface area contributed by atoms with Crippen LogP contribution in [0.5, 0.6) is 0 Å². The Bertz CT molecular complexity index is 552. The number of ether oxygens (including phenoxy) is 1. The molecule has 0 aliphatic carbocycles. The SMILES string of the molecule is Cn1cc(S(=O)(=O)NCCCOCCO)cc1C(N)=O. The number of nitrogens with zero attached hydrogens (tertiary/aromatic N) is 1. The summed E-state index contributed by atoms with van der Waals surface area (Å²) in [5.41, 5.74) is 5.25. The number of carbonyl (C=O) groups is 1. The highest BCUT2D eigenvalue weighted by molar-refractivity contribution is 7.89. The molecule has 1 rings (SSSR count). The summed E-state index contributed by atoms with van der Waals surface area (Å²) >= 11 is 0. The first-order chi connectivity index (χ1) is 9.38. The Balaban J connectivity index is 2.56. The fourth-order valence-electron chi connectivity index (χ4n) is 1.56. The number of hydrogen-bond acceptors (Lipinski definition) is 5. The van der Waals surface area contributed by atoms with Gasteiger partial charge in [-0.2, -0.15) is 0 Å². The van der Waals surface area contributed by atoms with Crippen LogP contribution in [0.15, 0.2) is 17.2 Å². The van der Waals surface area contributed by atoms with Crippen molar-refractivity contribution in [2.75, 3.05) is 26.4 Å². The van der Waals surface area contributed by atoms with E-state index in [1.54, 1.807) is 7.05 Å². The molecule has 0 atom stereocenters. The highest BCUT2D eigenvalue weighted by atomic mass is 32.2. The first-order valence-electron chi connectivity index (χ1n) is 6.03. The van der Waals surface area contributed by atoms with Crippen LogP contribution in [0.2, 0.25) is 0 Å². The van der Waals surface area contributed by atoms with Crippen molar-refractivity contribution >= 4 is 15.9 Å². The molecular weight excluding hydrogens is 286 g/mol. The average molecular weight is 305 g/mol. The standard InChI is InChI=1S/C11H19N3O5S/c1-14-8-9(7-10(14)11(12)16)20(17,18)13-3-2-5-19-6-4-15/h7-8,13,15H,2-6H2,1H3,(H2,12,16). The van der Waals surface area contributed by atoms with Crippen LogP contribution < -0.4 is 10.5 Å². The molecule has 0 radical (unpaired) electrons. The second kappa shape index (κ2) is 7.39. The van der Waals surface area contributed by atoms with Gasteiger partial charge < -0.3 is 20.1 Å². The van der Waals surface area contributed by atoms with Gasteiger partial charge in [-0.1, -0.05) is 0 Å². The Morgan fingerprint density at radius 3 is 2.75 bits per heavy atom. The molecule has 8 nitrogen and oxygen atoms in total. The molecule has 1 aromatic heterocycles. The monoisotopic (exact) mass is 305 g/mol. The van der Waals surface area contributed by atoms with Gasteiger partial charge in [-0.15, -0.1) is 0 Å². The number of nitrogens with two attached hydrogens (primary N) is 1. The number of aryl methyl sites for hydroxylation is 1. The van der Waals surface area contributed by atoms with Crippen LogP contribution in [-0.2, 0) is 21.8 Å². The number of carbonyl (C=O) groups excluding carboxylic acids is 1. The topological polar surface area (TPSA) is 124 Å². The molecule has 0 spiro atoms. The van der Waals surface area contributed by atoms with Crippen LogP contribution in [0, 0.1) is 0 Å². The zero-order valence-corrected chi connectivity index (χ0v) is 12.0. The van der Waals surface area contributed by atoms with Crippen LogP contribution in [0.1, 0.15) is 16.9 Å². The van der Waals surface area contributed by atoms with E-state index in [1.807, 2.05) is 0 Å². The molecule has 1 amide bonds. The lowest BCUT2D eigenvalue weighted by molar-refractivity contribution is 0.0913. The van der Waals surface area contributed by atoms with Gasteiger partial charge in [-0.3, -0.25) is 4.79 Å². The van der Waals surface area contributed by atoms with Crippen LogP contribution in [-0.4, -0.2) is 50.4 Å². The van der Waals surface area contributed by atoms with Gasteiger partial charge in [0.1, 0.15) is 10.6 Å². The van der Waals surface area contributed by atoms with Crippen molar-refractivity contribution in [2.45, 2.75) is 11.3 Å². The van der Waals surface area contributed by atoms with Gasteiger partial charge in [0.25, 0.3) is 5.91 Å². The van der Waals surface area contributed by atoms with E-state index in [4.69, 9.17) is 15.6 Å². The molecule has 9 heteroatoms. The lowest BCUT2D eigenvalue weighted by Crippen LogP contribution is -2.25. The van der Waals surface area contributed by atoms with Crippen molar-refractivity contribution < 1.29 is 23.1 Å². The zero-order valence-electron chi connectivity index (χ0n) is 11.2. The molecule has 0 aliphatic heterocycles. The summed E-state index contributed by atoms with van der Waals surface area (Å²) in [6, 6.07) is 1.23. The van der Waals surface area contributed by atoms with Crippen LogP contribution in [0.25, 0.3) is 0 Å². The number of amides is 1. The van der Waals surface area contributed by atoms with Gasteiger partial charge in [-0.05, 0) is 12.5 Å². The van der Waals surface area contributed by atoms with E-state index in [-0.39, 0.29) is 30.3 Å². The smallest absolute Gasteiger partial charge is 0.265 e. The van der Waals surface area contributed by atoms with Crippen molar-refractivity contribution in [1.82, 2.24) is 9.29 Å². The van der Waals surface area contributed by atoms with Gasteiger partial charge in [0.15, 0.2) is 0 Å². The highest BCUT2D eigenvalue weighted by Crippen LogP contribution is 2.12. The Labute approximate surface area is 117 Å². The third-order valence-electron chi connectivity index (χ3n) is 2.54. The third-order valence-corrected chi connectivity index (χ3v) is 3.96. The van der Waals surface area contributed by atoms with E-state index in [0.717, 1.165) is 0 Å². The Kier molecular flexibility index (Phi) is 6.14. The van der Waals surface area contributed by atoms with Crippen LogP contribution >= 0.6 is 0 Å². The van der Waals surface area contributed by atoms with E-state index in [9.17, 15) is 13.2 Å².